The molecule has 0 bridgehead atoms. The Morgan fingerprint density at radius 1 is 1.62 bits per heavy atom. The van der Waals surface area contributed by atoms with Crippen LogP contribution in [0.2, 0.25) is 0 Å². The summed E-state index contributed by atoms with van der Waals surface area (Å²) in [5.74, 6) is -0.425. The highest BCUT2D eigenvalue weighted by Gasteiger charge is 2.18. The normalized spacial score (nSPS) is 13.0. The largest absolute Gasteiger partial charge is 0.480 e. The van der Waals surface area contributed by atoms with Crippen molar-refractivity contribution in [3.05, 3.63) is 16.1 Å². The van der Waals surface area contributed by atoms with Gasteiger partial charge in [-0.05, 0) is 19.3 Å². The van der Waals surface area contributed by atoms with Crippen LogP contribution in [0.1, 0.15) is 31.0 Å². The predicted molar refractivity (Wildman–Crippen MR) is 64.6 cm³/mol. The highest BCUT2D eigenvalue weighted by atomic mass is 32.1. The van der Waals surface area contributed by atoms with Gasteiger partial charge in [0.2, 0.25) is 0 Å². The van der Waals surface area contributed by atoms with E-state index in [9.17, 15) is 4.79 Å². The molecule has 0 fully saturated rings. The van der Waals surface area contributed by atoms with Gasteiger partial charge in [0.15, 0.2) is 0 Å². The van der Waals surface area contributed by atoms with Crippen molar-refractivity contribution in [3.8, 4) is 0 Å². The summed E-state index contributed by atoms with van der Waals surface area (Å²) in [4.78, 5) is 15.3. The molecule has 1 unspecified atom stereocenters. The number of hydrogen-bond acceptors (Lipinski definition) is 4. The maximum atomic E-state index is 11.0. The van der Waals surface area contributed by atoms with E-state index in [-0.39, 0.29) is 0 Å². The standard InChI is InChI=1S/C11H18N2O2S/c1-7(2)4-10(11(14)15)12-5-9-6-16-8(3)13-9/h6-7,10,12H,4-5H2,1-3H3,(H,14,15). The highest BCUT2D eigenvalue weighted by molar-refractivity contribution is 7.09. The van der Waals surface area contributed by atoms with Gasteiger partial charge in [-0.1, -0.05) is 13.8 Å². The van der Waals surface area contributed by atoms with Crippen LogP contribution in [0.25, 0.3) is 0 Å². The second-order valence-corrected chi connectivity index (χ2v) is 5.32. The van der Waals surface area contributed by atoms with Crippen molar-refractivity contribution in [2.24, 2.45) is 5.92 Å². The number of aromatic nitrogens is 1. The second-order valence-electron chi connectivity index (χ2n) is 4.26. The molecule has 0 aliphatic carbocycles. The molecule has 1 aromatic rings. The average molecular weight is 242 g/mol. The molecule has 1 heterocycles. The van der Waals surface area contributed by atoms with Gasteiger partial charge < -0.3 is 5.11 Å². The molecule has 2 N–H and O–H groups in total. The Balaban J connectivity index is 2.46. The summed E-state index contributed by atoms with van der Waals surface area (Å²) in [6.45, 7) is 6.50. The quantitative estimate of drug-likeness (QED) is 0.801. The molecular formula is C11H18N2O2S. The molecule has 0 saturated heterocycles. The van der Waals surface area contributed by atoms with E-state index >= 15 is 0 Å². The van der Waals surface area contributed by atoms with E-state index in [1.54, 1.807) is 11.3 Å². The Bertz CT molecular complexity index is 350. The lowest BCUT2D eigenvalue weighted by molar-refractivity contribution is -0.140. The van der Waals surface area contributed by atoms with Crippen LogP contribution in [0.4, 0.5) is 0 Å². The maximum absolute atomic E-state index is 11.0. The molecular weight excluding hydrogens is 224 g/mol. The van der Waals surface area contributed by atoms with E-state index in [4.69, 9.17) is 5.11 Å². The van der Waals surface area contributed by atoms with Gasteiger partial charge in [0.05, 0.1) is 10.7 Å². The highest BCUT2D eigenvalue weighted by Crippen LogP contribution is 2.09. The number of nitrogens with one attached hydrogen (secondary N) is 1. The number of nitrogens with zero attached hydrogens (tertiary/aromatic N) is 1. The van der Waals surface area contributed by atoms with Gasteiger partial charge in [0.25, 0.3) is 0 Å². The molecule has 90 valence electrons. The smallest absolute Gasteiger partial charge is 0.320 e. The first-order chi connectivity index (χ1) is 7.49. The zero-order valence-electron chi connectivity index (χ0n) is 9.86. The molecule has 0 saturated carbocycles. The fourth-order valence-corrected chi connectivity index (χ4v) is 2.07. The number of aliphatic carboxylic acids is 1. The minimum atomic E-state index is -0.791. The molecule has 1 atom stereocenters. The lowest BCUT2D eigenvalue weighted by Crippen LogP contribution is -2.37. The summed E-state index contributed by atoms with van der Waals surface area (Å²) in [6.07, 6.45) is 0.637. The third kappa shape index (κ3) is 4.28. The molecule has 16 heavy (non-hydrogen) atoms. The Kier molecular flexibility index (Phi) is 4.89. The molecule has 0 aliphatic rings. The van der Waals surface area contributed by atoms with Crippen molar-refractivity contribution in [1.29, 1.82) is 0 Å². The van der Waals surface area contributed by atoms with E-state index in [1.807, 2.05) is 26.2 Å². The molecule has 0 radical (unpaired) electrons. The van der Waals surface area contributed by atoms with E-state index in [2.05, 4.69) is 10.3 Å². The third-order valence-electron chi connectivity index (χ3n) is 2.20. The van der Waals surface area contributed by atoms with Crippen LogP contribution in [0.5, 0.6) is 0 Å². The van der Waals surface area contributed by atoms with Crippen molar-refractivity contribution in [3.63, 3.8) is 0 Å². The van der Waals surface area contributed by atoms with E-state index in [0.29, 0.717) is 18.9 Å². The lowest BCUT2D eigenvalue weighted by Gasteiger charge is -2.15. The topological polar surface area (TPSA) is 62.2 Å². The molecule has 0 spiro atoms. The number of aryl methyl sites for hydroxylation is 1. The third-order valence-corrected chi connectivity index (χ3v) is 3.02. The number of carbonyl (C=O) groups is 1. The minimum absolute atomic E-state index is 0.366. The van der Waals surface area contributed by atoms with Gasteiger partial charge in [-0.3, -0.25) is 10.1 Å². The van der Waals surface area contributed by atoms with Crippen molar-refractivity contribution in [2.45, 2.75) is 39.8 Å². The SMILES string of the molecule is Cc1nc(CNC(CC(C)C)C(=O)O)cs1. The molecule has 0 aliphatic heterocycles. The molecule has 0 amide bonds. The van der Waals surface area contributed by atoms with E-state index in [1.165, 1.54) is 0 Å². The summed E-state index contributed by atoms with van der Waals surface area (Å²) < 4.78 is 0. The summed E-state index contributed by atoms with van der Waals surface area (Å²) in [6, 6.07) is -0.484. The summed E-state index contributed by atoms with van der Waals surface area (Å²) in [7, 11) is 0. The first-order valence-corrected chi connectivity index (χ1v) is 6.24. The zero-order valence-corrected chi connectivity index (χ0v) is 10.7. The predicted octanol–water partition coefficient (Wildman–Crippen LogP) is 2.04. The number of carboxylic acids is 1. The minimum Gasteiger partial charge on any atom is -0.480 e. The van der Waals surface area contributed by atoms with Crippen molar-refractivity contribution >= 4 is 17.3 Å². The van der Waals surface area contributed by atoms with E-state index in [0.717, 1.165) is 10.7 Å². The van der Waals surface area contributed by atoms with Gasteiger partial charge in [0, 0.05) is 11.9 Å². The maximum Gasteiger partial charge on any atom is 0.320 e. The summed E-state index contributed by atoms with van der Waals surface area (Å²) >= 11 is 1.58. The van der Waals surface area contributed by atoms with Crippen LogP contribution >= 0.6 is 11.3 Å². The van der Waals surface area contributed by atoms with Gasteiger partial charge in [-0.25, -0.2) is 4.98 Å². The summed E-state index contributed by atoms with van der Waals surface area (Å²) in [5, 5.41) is 15.0. The second kappa shape index (κ2) is 5.96. The van der Waals surface area contributed by atoms with Gasteiger partial charge in [-0.15, -0.1) is 11.3 Å². The van der Waals surface area contributed by atoms with Gasteiger partial charge in [-0.2, -0.15) is 0 Å². The number of rotatable bonds is 6. The monoisotopic (exact) mass is 242 g/mol. The molecule has 1 rings (SSSR count). The van der Waals surface area contributed by atoms with Gasteiger partial charge >= 0.3 is 5.97 Å². The van der Waals surface area contributed by atoms with Crippen molar-refractivity contribution in [2.75, 3.05) is 0 Å². The van der Waals surface area contributed by atoms with Crippen LogP contribution in [-0.2, 0) is 11.3 Å². The Hall–Kier alpha value is -0.940. The summed E-state index contributed by atoms with van der Waals surface area (Å²) in [5.41, 5.74) is 0.914. The van der Waals surface area contributed by atoms with Crippen molar-refractivity contribution in [1.82, 2.24) is 10.3 Å². The van der Waals surface area contributed by atoms with Crippen LogP contribution in [0.15, 0.2) is 5.38 Å². The molecule has 1 aromatic heterocycles. The molecule has 4 nitrogen and oxygen atoms in total. The van der Waals surface area contributed by atoms with Crippen LogP contribution in [0.3, 0.4) is 0 Å². The first-order valence-electron chi connectivity index (χ1n) is 5.36. The molecule has 0 aromatic carbocycles. The Morgan fingerprint density at radius 3 is 2.75 bits per heavy atom. The fourth-order valence-electron chi connectivity index (χ4n) is 1.46. The number of carboxylic acid groups (broad SMARTS) is 1. The Labute approximate surface area is 99.7 Å². The lowest BCUT2D eigenvalue weighted by atomic mass is 10.0. The van der Waals surface area contributed by atoms with Gasteiger partial charge in [0.1, 0.15) is 6.04 Å². The number of hydrogen-bond donors (Lipinski definition) is 2. The fraction of sp³-hybridized carbons (Fsp3) is 0.636. The van der Waals surface area contributed by atoms with Crippen LogP contribution in [-0.4, -0.2) is 22.1 Å². The van der Waals surface area contributed by atoms with Crippen LogP contribution < -0.4 is 5.32 Å². The first kappa shape index (κ1) is 13.1. The number of thiazole rings is 1. The average Bonchev–Trinajstić information content (AvgIpc) is 2.58. The van der Waals surface area contributed by atoms with E-state index < -0.39 is 12.0 Å². The molecule has 5 heteroatoms. The zero-order chi connectivity index (χ0) is 12.1. The Morgan fingerprint density at radius 2 is 2.31 bits per heavy atom. The van der Waals surface area contributed by atoms with Crippen LogP contribution in [0, 0.1) is 12.8 Å². The van der Waals surface area contributed by atoms with Crippen molar-refractivity contribution < 1.29 is 9.90 Å².